The molecule has 0 amide bonds. The largest absolute Gasteiger partial charge is 0.422 e. The maximum Gasteiger partial charge on any atom is 0.422 e. The lowest BCUT2D eigenvalue weighted by atomic mass is 10.1. The van der Waals surface area contributed by atoms with Crippen LogP contribution in [0.5, 0.6) is 0 Å². The molecule has 0 atom stereocenters. The Labute approximate surface area is 101 Å². The van der Waals surface area contributed by atoms with Crippen molar-refractivity contribution in [1.82, 2.24) is 0 Å². The molecule has 0 fully saturated rings. The standard InChI is InChI=1S/C11H10F3NO3/c12-11(13,14)9-5-4-8(3-1-2-6-16)7-10(9)15(17)18/h1,3-5,7,16H,2,6H2. The van der Waals surface area contributed by atoms with Gasteiger partial charge >= 0.3 is 6.18 Å². The number of nitro benzene ring substituents is 1. The lowest BCUT2D eigenvalue weighted by Gasteiger charge is -2.07. The molecule has 0 aromatic heterocycles. The summed E-state index contributed by atoms with van der Waals surface area (Å²) in [5, 5.41) is 19.1. The van der Waals surface area contributed by atoms with Crippen LogP contribution in [0.3, 0.4) is 0 Å². The second kappa shape index (κ2) is 5.63. The van der Waals surface area contributed by atoms with Crippen molar-refractivity contribution in [3.63, 3.8) is 0 Å². The Morgan fingerprint density at radius 2 is 2.06 bits per heavy atom. The molecule has 0 aliphatic carbocycles. The Bertz CT molecular complexity index is 469. The first kappa shape index (κ1) is 14.2. The summed E-state index contributed by atoms with van der Waals surface area (Å²) in [6.45, 7) is -0.0980. The number of alkyl halides is 3. The second-order valence-corrected chi connectivity index (χ2v) is 3.45. The molecule has 18 heavy (non-hydrogen) atoms. The van der Waals surface area contributed by atoms with Gasteiger partial charge in [0.1, 0.15) is 5.56 Å². The summed E-state index contributed by atoms with van der Waals surface area (Å²) in [5.74, 6) is 0. The molecule has 0 aliphatic heterocycles. The average Bonchev–Trinajstić information content (AvgIpc) is 2.27. The summed E-state index contributed by atoms with van der Waals surface area (Å²) in [5.41, 5.74) is -1.97. The summed E-state index contributed by atoms with van der Waals surface area (Å²) >= 11 is 0. The van der Waals surface area contributed by atoms with Crippen molar-refractivity contribution in [3.05, 3.63) is 45.5 Å². The van der Waals surface area contributed by atoms with Gasteiger partial charge in [0.05, 0.1) is 4.92 Å². The highest BCUT2D eigenvalue weighted by Crippen LogP contribution is 2.36. The van der Waals surface area contributed by atoms with Crippen LogP contribution >= 0.6 is 0 Å². The number of aliphatic hydroxyl groups excluding tert-OH is 1. The maximum absolute atomic E-state index is 12.5. The molecule has 1 aromatic carbocycles. The van der Waals surface area contributed by atoms with Crippen molar-refractivity contribution in [2.75, 3.05) is 6.61 Å². The van der Waals surface area contributed by atoms with Crippen LogP contribution in [0.1, 0.15) is 17.5 Å². The monoisotopic (exact) mass is 261 g/mol. The van der Waals surface area contributed by atoms with E-state index in [1.165, 1.54) is 12.2 Å². The van der Waals surface area contributed by atoms with Crippen molar-refractivity contribution >= 4 is 11.8 Å². The first-order chi connectivity index (χ1) is 8.36. The van der Waals surface area contributed by atoms with Gasteiger partial charge in [0.25, 0.3) is 5.69 Å². The molecule has 0 saturated heterocycles. The van der Waals surface area contributed by atoms with Crippen molar-refractivity contribution in [1.29, 1.82) is 0 Å². The topological polar surface area (TPSA) is 63.4 Å². The number of halogens is 3. The van der Waals surface area contributed by atoms with E-state index in [-0.39, 0.29) is 12.2 Å². The molecule has 1 N–H and O–H groups in total. The highest BCUT2D eigenvalue weighted by Gasteiger charge is 2.38. The van der Waals surface area contributed by atoms with E-state index in [0.717, 1.165) is 12.1 Å². The van der Waals surface area contributed by atoms with E-state index < -0.39 is 22.4 Å². The van der Waals surface area contributed by atoms with Crippen LogP contribution in [0.4, 0.5) is 18.9 Å². The van der Waals surface area contributed by atoms with Crippen LogP contribution in [0.15, 0.2) is 24.3 Å². The molecule has 0 radical (unpaired) electrons. The molecule has 0 heterocycles. The van der Waals surface area contributed by atoms with E-state index in [9.17, 15) is 23.3 Å². The number of nitro groups is 1. The van der Waals surface area contributed by atoms with Gasteiger partial charge in [-0.2, -0.15) is 13.2 Å². The Balaban J connectivity index is 3.16. The summed E-state index contributed by atoms with van der Waals surface area (Å²) in [6.07, 6.45) is -1.49. The van der Waals surface area contributed by atoms with Crippen LogP contribution in [0.25, 0.3) is 6.08 Å². The Morgan fingerprint density at radius 1 is 1.39 bits per heavy atom. The summed E-state index contributed by atoms with van der Waals surface area (Å²) in [7, 11) is 0. The lowest BCUT2D eigenvalue weighted by molar-refractivity contribution is -0.388. The van der Waals surface area contributed by atoms with Gasteiger partial charge in [-0.3, -0.25) is 10.1 Å². The van der Waals surface area contributed by atoms with E-state index in [0.29, 0.717) is 12.5 Å². The third-order valence-electron chi connectivity index (χ3n) is 2.13. The third kappa shape index (κ3) is 3.56. The molecule has 1 rings (SSSR count). The van der Waals surface area contributed by atoms with Crippen LogP contribution in [-0.4, -0.2) is 16.6 Å². The summed E-state index contributed by atoms with van der Waals surface area (Å²) < 4.78 is 37.5. The van der Waals surface area contributed by atoms with Crippen LogP contribution < -0.4 is 0 Å². The predicted octanol–water partition coefficient (Wildman–Crippen LogP) is 3.01. The molecular formula is C11H10F3NO3. The molecule has 0 spiro atoms. The number of nitrogens with zero attached hydrogens (tertiary/aromatic N) is 1. The minimum absolute atomic E-state index is 0.0980. The van der Waals surface area contributed by atoms with Crippen LogP contribution in [0.2, 0.25) is 0 Å². The van der Waals surface area contributed by atoms with E-state index in [1.807, 2.05) is 0 Å². The molecule has 0 bridgehead atoms. The molecule has 7 heteroatoms. The van der Waals surface area contributed by atoms with Gasteiger partial charge in [0.2, 0.25) is 0 Å². The van der Waals surface area contributed by atoms with E-state index in [1.54, 1.807) is 0 Å². The molecule has 0 aliphatic rings. The van der Waals surface area contributed by atoms with Gasteiger partial charge in [-0.1, -0.05) is 18.2 Å². The fourth-order valence-electron chi connectivity index (χ4n) is 1.34. The number of hydrogen-bond acceptors (Lipinski definition) is 3. The summed E-state index contributed by atoms with van der Waals surface area (Å²) in [4.78, 5) is 9.53. The number of hydrogen-bond donors (Lipinski definition) is 1. The molecule has 1 aromatic rings. The van der Waals surface area contributed by atoms with Gasteiger partial charge < -0.3 is 5.11 Å². The van der Waals surface area contributed by atoms with Gasteiger partial charge in [-0.25, -0.2) is 0 Å². The smallest absolute Gasteiger partial charge is 0.396 e. The quantitative estimate of drug-likeness (QED) is 0.669. The van der Waals surface area contributed by atoms with E-state index in [4.69, 9.17) is 5.11 Å². The fourth-order valence-corrected chi connectivity index (χ4v) is 1.34. The zero-order valence-corrected chi connectivity index (χ0v) is 9.15. The molecular weight excluding hydrogens is 251 g/mol. The third-order valence-corrected chi connectivity index (χ3v) is 2.13. The van der Waals surface area contributed by atoms with Crippen LogP contribution in [-0.2, 0) is 6.18 Å². The highest BCUT2D eigenvalue weighted by molar-refractivity contribution is 5.56. The minimum atomic E-state index is -4.75. The first-order valence-corrected chi connectivity index (χ1v) is 4.99. The minimum Gasteiger partial charge on any atom is -0.396 e. The van der Waals surface area contributed by atoms with Gasteiger partial charge in [-0.15, -0.1) is 0 Å². The normalized spacial score (nSPS) is 12.0. The predicted molar refractivity (Wildman–Crippen MR) is 58.8 cm³/mol. The Hall–Kier alpha value is -1.89. The van der Waals surface area contributed by atoms with Crippen molar-refractivity contribution < 1.29 is 23.2 Å². The average molecular weight is 261 g/mol. The van der Waals surface area contributed by atoms with Crippen molar-refractivity contribution in [2.24, 2.45) is 0 Å². The Kier molecular flexibility index (Phi) is 4.43. The number of rotatable bonds is 4. The number of aliphatic hydroxyl groups is 1. The van der Waals surface area contributed by atoms with Gasteiger partial charge in [0, 0.05) is 12.7 Å². The SMILES string of the molecule is O=[N+]([O-])c1cc(C=CCCO)ccc1C(F)(F)F. The maximum atomic E-state index is 12.5. The molecule has 4 nitrogen and oxygen atoms in total. The molecule has 0 saturated carbocycles. The Morgan fingerprint density at radius 3 is 2.56 bits per heavy atom. The van der Waals surface area contributed by atoms with Gasteiger partial charge in [-0.05, 0) is 18.1 Å². The zero-order chi connectivity index (χ0) is 13.8. The van der Waals surface area contributed by atoms with Crippen molar-refractivity contribution in [2.45, 2.75) is 12.6 Å². The number of benzene rings is 1. The highest BCUT2D eigenvalue weighted by atomic mass is 19.4. The summed E-state index contributed by atoms with van der Waals surface area (Å²) in [6, 6.07) is 2.68. The van der Waals surface area contributed by atoms with E-state index >= 15 is 0 Å². The van der Waals surface area contributed by atoms with Gasteiger partial charge in [0.15, 0.2) is 0 Å². The van der Waals surface area contributed by atoms with Crippen molar-refractivity contribution in [3.8, 4) is 0 Å². The second-order valence-electron chi connectivity index (χ2n) is 3.45. The zero-order valence-electron chi connectivity index (χ0n) is 9.15. The lowest BCUT2D eigenvalue weighted by Crippen LogP contribution is -2.08. The fraction of sp³-hybridized carbons (Fsp3) is 0.273. The first-order valence-electron chi connectivity index (χ1n) is 4.99. The van der Waals surface area contributed by atoms with E-state index in [2.05, 4.69) is 0 Å². The van der Waals surface area contributed by atoms with Crippen LogP contribution in [0, 0.1) is 10.1 Å². The molecule has 98 valence electrons. The molecule has 0 unspecified atom stereocenters.